The third-order valence-electron chi connectivity index (χ3n) is 5.51. The van der Waals surface area contributed by atoms with Crippen molar-refractivity contribution in [2.75, 3.05) is 63.9 Å². The number of ether oxygens (including phenoxy) is 1. The van der Waals surface area contributed by atoms with Gasteiger partial charge in [-0.2, -0.15) is 0 Å². The molecular weight excluding hydrogens is 504 g/mol. The summed E-state index contributed by atoms with van der Waals surface area (Å²) in [7, 11) is 1.65. The van der Waals surface area contributed by atoms with E-state index in [0.717, 1.165) is 14.2 Å². The van der Waals surface area contributed by atoms with Gasteiger partial charge in [0.15, 0.2) is 0 Å². The van der Waals surface area contributed by atoms with E-state index in [-0.39, 0.29) is 14.7 Å². The fourth-order valence-corrected chi connectivity index (χ4v) is 3.62. The van der Waals surface area contributed by atoms with Gasteiger partial charge >= 0.3 is 5.97 Å². The van der Waals surface area contributed by atoms with Crippen LogP contribution < -0.4 is 10.2 Å². The summed E-state index contributed by atoms with van der Waals surface area (Å²) >= 11 is 0. The van der Waals surface area contributed by atoms with Crippen molar-refractivity contribution in [1.82, 2.24) is 9.80 Å². The number of rotatable bonds is 7. The number of nitrogens with zero attached hydrogens (tertiary/aromatic N) is 3. The summed E-state index contributed by atoms with van der Waals surface area (Å²) in [5, 5.41) is 2.25. The molecule has 0 saturated carbocycles. The molecule has 5 rings (SSSR count). The molecule has 40 heavy (non-hydrogen) atoms. The van der Waals surface area contributed by atoms with Crippen molar-refractivity contribution < 1.29 is 50.6 Å². The van der Waals surface area contributed by atoms with E-state index >= 15 is 0 Å². The van der Waals surface area contributed by atoms with Crippen LogP contribution >= 0.6 is 0 Å². The van der Waals surface area contributed by atoms with Gasteiger partial charge in [-0.05, 0) is 54.3 Å². The molecule has 0 unspecified atom stereocenters. The lowest BCUT2D eigenvalue weighted by Gasteiger charge is -2.32. The molecule has 8 heteroatoms. The van der Waals surface area contributed by atoms with Crippen molar-refractivity contribution in [2.24, 2.45) is 0 Å². The molecular formula is C32H34N4O4. The summed E-state index contributed by atoms with van der Waals surface area (Å²) in [6.45, 7) is -19.4. The topological polar surface area (TPSA) is 82.2 Å². The number of carbonyl (C=O) groups is 3. The van der Waals surface area contributed by atoms with Crippen molar-refractivity contribution >= 4 is 40.3 Å². The lowest BCUT2D eigenvalue weighted by atomic mass is 9.90. The van der Waals surface area contributed by atoms with E-state index in [1.165, 1.54) is 0 Å². The molecule has 0 aromatic heterocycles. The van der Waals surface area contributed by atoms with Gasteiger partial charge in [0, 0.05) is 65.0 Å². The second-order valence-corrected chi connectivity index (χ2v) is 8.12. The largest absolute Gasteiger partial charge is 0.465 e. The van der Waals surface area contributed by atoms with Crippen molar-refractivity contribution in [1.29, 1.82) is 0 Å². The second-order valence-electron chi connectivity index (χ2n) is 8.12. The lowest BCUT2D eigenvalue weighted by molar-refractivity contribution is -0.119. The summed E-state index contributed by atoms with van der Waals surface area (Å²) < 4.78 is 199. The predicted molar refractivity (Wildman–Crippen MR) is 157 cm³/mol. The van der Waals surface area contributed by atoms with Gasteiger partial charge in [0.05, 0.1) is 41.2 Å². The van der Waals surface area contributed by atoms with Gasteiger partial charge in [-0.15, -0.1) is 0 Å². The van der Waals surface area contributed by atoms with Crippen molar-refractivity contribution in [3.8, 4) is 0 Å². The zero-order valence-corrected chi connectivity index (χ0v) is 20.9. The molecule has 2 amide bonds. The molecule has 0 atom stereocenters. The molecule has 0 aliphatic carbocycles. The Hall–Kier alpha value is -4.27. The van der Waals surface area contributed by atoms with E-state index in [0.29, 0.717) is 0 Å². The number of anilines is 2. The van der Waals surface area contributed by atoms with Crippen LogP contribution in [0.1, 0.15) is 58.6 Å². The smallest absolute Gasteiger partial charge is 0.337 e. The van der Waals surface area contributed by atoms with E-state index in [1.807, 2.05) is 0 Å². The molecule has 2 aliphatic rings. The third kappa shape index (κ3) is 5.83. The molecule has 1 N–H and O–H groups in total. The first-order valence-corrected chi connectivity index (χ1v) is 11.4. The third-order valence-corrected chi connectivity index (χ3v) is 5.51. The molecule has 8 nitrogen and oxygen atoms in total. The molecule has 1 saturated heterocycles. The summed E-state index contributed by atoms with van der Waals surface area (Å²) in [5.41, 5.74) is -6.26. The predicted octanol–water partition coefficient (Wildman–Crippen LogP) is 3.79. The van der Waals surface area contributed by atoms with E-state index in [9.17, 15) is 14.4 Å². The minimum atomic E-state index is -3.78. The lowest BCUT2D eigenvalue weighted by Crippen LogP contribution is -2.48. The zero-order valence-electron chi connectivity index (χ0n) is 43.9. The van der Waals surface area contributed by atoms with Crippen LogP contribution in [-0.4, -0.2) is 81.2 Å². The van der Waals surface area contributed by atoms with E-state index in [1.54, 1.807) is 0 Å². The normalized spacial score (nSPS) is 30.4. The van der Waals surface area contributed by atoms with Gasteiger partial charge in [0.25, 0.3) is 5.91 Å². The molecule has 0 bridgehead atoms. The fourth-order valence-electron chi connectivity index (χ4n) is 3.62. The minimum Gasteiger partial charge on any atom is -0.465 e. The first kappa shape index (κ1) is 11.0. The quantitative estimate of drug-likeness (QED) is 0.349. The second kappa shape index (κ2) is 11.9. The Morgan fingerprint density at radius 2 is 1.75 bits per heavy atom. The van der Waals surface area contributed by atoms with Crippen LogP contribution in [0.15, 0.2) is 72.5 Å². The highest BCUT2D eigenvalue weighted by atomic mass is 16.5. The van der Waals surface area contributed by atoms with Gasteiger partial charge in [0.1, 0.15) is 0 Å². The first-order chi connectivity index (χ1) is 28.6. The Bertz CT molecular complexity index is 2470. The van der Waals surface area contributed by atoms with Crippen molar-refractivity contribution in [3.63, 3.8) is 0 Å². The number of methoxy groups -OCH3 is 1. The molecule has 2 heterocycles. The first-order valence-electron chi connectivity index (χ1n) is 22.9. The number of esters is 1. The number of hydrogen-bond donors (Lipinski definition) is 1. The average molecular weight is 562 g/mol. The highest BCUT2D eigenvalue weighted by Crippen LogP contribution is 2.39. The number of nitrogens with one attached hydrogen (secondary N) is 1. The van der Waals surface area contributed by atoms with Gasteiger partial charge in [0.2, 0.25) is 5.91 Å². The Balaban J connectivity index is 1.80. The summed E-state index contributed by atoms with van der Waals surface area (Å²) in [6.07, 6.45) is -1.11. The van der Waals surface area contributed by atoms with E-state index in [4.69, 9.17) is 31.5 Å². The average Bonchev–Trinajstić information content (AvgIpc) is 3.54. The number of allylic oxidation sites excluding steroid dienone is 1. The van der Waals surface area contributed by atoms with Crippen LogP contribution in [0.25, 0.3) is 11.1 Å². The van der Waals surface area contributed by atoms with E-state index in [2.05, 4.69) is 10.1 Å². The maximum absolute atomic E-state index is 14.0. The molecule has 2 aliphatic heterocycles. The highest BCUT2D eigenvalue weighted by Gasteiger charge is 2.29. The zero-order chi connectivity index (χ0) is 48.3. The summed E-state index contributed by atoms with van der Waals surface area (Å²) in [6, 6.07) is -12.5. The molecule has 3 aromatic carbocycles. The number of hydrogen-bond acceptors (Lipinski definition) is 6. The minimum absolute atomic E-state index is 0.105. The molecule has 1 fully saturated rings. The van der Waals surface area contributed by atoms with Crippen molar-refractivity contribution in [2.45, 2.75) is 6.42 Å². The fraction of sp³-hybridized carbons (Fsp3) is 0.281. The molecule has 206 valence electrons. The molecule has 0 radical (unpaired) electrons. The number of benzene rings is 3. The maximum Gasteiger partial charge on any atom is 0.337 e. The van der Waals surface area contributed by atoms with Crippen LogP contribution in [0.2, 0.25) is 0 Å². The number of likely N-dealkylation sites (N-methyl/N-ethyl adjacent to an activating group) is 2. The van der Waals surface area contributed by atoms with Crippen LogP contribution in [0.5, 0.6) is 0 Å². The van der Waals surface area contributed by atoms with Gasteiger partial charge < -0.3 is 19.9 Å². The SMILES string of the molecule is [2H]c1c([2H])c([2H])c(/C(Cc2c([2H])c([2H])c(N(C(=O)CN3C([2H])([2H])C([2H])([2H])N(C)C([2H])([2H])C3([2H])[2H])C([2H])([2H])[2H])c([2H])c2[2H])=C2/C(=O)Nc3c([2H])c(C(=O)OC)c([2H])c([2H])c32)c([2H])c1[2H]. The molecule has 0 spiro atoms. The Morgan fingerprint density at radius 1 is 1.02 bits per heavy atom. The number of piperazine rings is 1. The Morgan fingerprint density at radius 3 is 2.42 bits per heavy atom. The van der Waals surface area contributed by atoms with Crippen LogP contribution in [0.3, 0.4) is 0 Å². The van der Waals surface area contributed by atoms with E-state index < -0.39 is 181 Å². The maximum atomic E-state index is 14.0. The monoisotopic (exact) mass is 561 g/mol. The highest BCUT2D eigenvalue weighted by molar-refractivity contribution is 6.37. The van der Waals surface area contributed by atoms with Crippen LogP contribution in [0.4, 0.5) is 11.4 Å². The summed E-state index contributed by atoms with van der Waals surface area (Å²) in [4.78, 5) is 40.0. The number of fused-ring (bicyclic) bond motifs is 1. The van der Waals surface area contributed by atoms with Crippen LogP contribution in [0, 0.1) is 0 Å². The number of amides is 2. The Labute approximate surface area is 267 Å². The number of carbonyl (C=O) groups excluding carboxylic acids is 3. The van der Waals surface area contributed by atoms with Gasteiger partial charge in [-0.3, -0.25) is 14.5 Å². The summed E-state index contributed by atoms with van der Waals surface area (Å²) in [5.74, 6) is -4.35. The Kier molecular flexibility index (Phi) is 3.25. The van der Waals surface area contributed by atoms with Crippen molar-refractivity contribution in [3.05, 3.63) is 94.8 Å². The molecule has 3 aromatic rings. The van der Waals surface area contributed by atoms with Crippen LogP contribution in [-0.2, 0) is 20.7 Å². The van der Waals surface area contributed by atoms with Gasteiger partial charge in [-0.1, -0.05) is 48.3 Å². The standard InChI is InChI=1S/C32H34N4O4/c1-34-15-17-36(18-16-34)21-29(37)35(2)25-12-9-22(10-13-25)19-27(23-7-5-4-6-8-23)30-26-14-11-24(32(39)40-3)20-28(26)33-31(30)38/h4-14,20H,15-19,21H2,1-3H3,(H,33,38)/b30-27+/i2D3,4D,5D,6D,7D,8D,9D,10D,11D,12D,13D,14D,15D2,16D2,17D2,18D2,20D. The van der Waals surface area contributed by atoms with Gasteiger partial charge in [-0.25, -0.2) is 4.79 Å².